The van der Waals surface area contributed by atoms with Gasteiger partial charge in [-0.05, 0) is 119 Å². The average molecular weight is 1740 g/mol. The predicted molar refractivity (Wildman–Crippen MR) is 469 cm³/mol. The van der Waals surface area contributed by atoms with E-state index in [9.17, 15) is 71.9 Å². The standard InChI is InChI=1S/C14H20O5.C14H20O4.2C14H14O4.C14H20O4.C14H14O4.C12H18O4/c1-3-10-18-13(16)7-5-6-12(15)8-9-14(17)19-11-4-2;2*1-3-9-17-13(15)11-5-7-12(8-6-11)14(16)18-10-4-2;1-3-9-17-13(15)11-7-5-6-8-12(11)14(16)18-10-4-2;2*1-3-8-17-13(15)11-6-5-7-12(10-11)14(16)18-9-4-2;1-3-9-15-11(13)7-5-6-8-12(14)16-10-4-2/h3-4H,1-2,5-11H2;3-4,11-12H,1-2,5-10H2;2*3-8H,1-2,9-10H2;3-4,11-12H,1-2,5-10H2;3-7,10H,1-2,8-9H2;3-4H,1-2,5-10H2. The maximum absolute atomic E-state index is 11.7. The Labute approximate surface area is 732 Å². The summed E-state index contributed by atoms with van der Waals surface area (Å²) in [6.45, 7) is 50.9. The second-order valence-corrected chi connectivity index (χ2v) is 25.8. The molecule has 0 radical (unpaired) electrons. The molecule has 29 nitrogen and oxygen atoms in total. The van der Waals surface area contributed by atoms with Crippen molar-refractivity contribution in [3.63, 3.8) is 0 Å². The molecule has 2 saturated carbocycles. The molecule has 0 spiro atoms. The summed E-state index contributed by atoms with van der Waals surface area (Å²) < 4.78 is 68.3. The highest BCUT2D eigenvalue weighted by Crippen LogP contribution is 2.32. The third kappa shape index (κ3) is 56.5. The van der Waals surface area contributed by atoms with Crippen molar-refractivity contribution in [3.05, 3.63) is 283 Å². The monoisotopic (exact) mass is 1740 g/mol. The molecule has 2 atom stereocenters. The molecule has 0 heterocycles. The lowest BCUT2D eigenvalue weighted by atomic mass is 9.81. The van der Waals surface area contributed by atoms with E-state index >= 15 is 0 Å². The van der Waals surface area contributed by atoms with E-state index in [1.807, 2.05) is 0 Å². The number of carbonyl (C=O) groups is 15. The average Bonchev–Trinajstić information content (AvgIpc) is 0.871. The molecule has 0 N–H and O–H groups in total. The minimum atomic E-state index is -0.582. The van der Waals surface area contributed by atoms with Gasteiger partial charge in [-0.15, -0.1) is 0 Å². The minimum Gasteiger partial charge on any atom is -0.461 e. The van der Waals surface area contributed by atoms with E-state index in [0.29, 0.717) is 86.5 Å². The molecule has 3 aromatic rings. The Hall–Kier alpha value is -13.7. The Morgan fingerprint density at radius 3 is 0.784 bits per heavy atom. The number of benzene rings is 3. The first-order chi connectivity index (χ1) is 60.2. The number of unbranched alkanes of at least 4 members (excludes halogenated alkanes) is 1. The number of ether oxygens (including phenoxy) is 14. The fraction of sp³-hybridized carbons (Fsp3) is 0.365. The summed E-state index contributed by atoms with van der Waals surface area (Å²) >= 11 is 0. The van der Waals surface area contributed by atoms with Crippen LogP contribution in [0.15, 0.2) is 250 Å². The molecule has 29 heteroatoms. The molecule has 678 valence electrons. The summed E-state index contributed by atoms with van der Waals surface area (Å²) in [4.78, 5) is 172. The highest BCUT2D eigenvalue weighted by atomic mass is 16.6. The third-order valence-electron chi connectivity index (χ3n) is 16.1. The molecule has 3 aromatic carbocycles. The Balaban J connectivity index is 0. The first-order valence-corrected chi connectivity index (χ1v) is 39.9. The molecular formula is C96H120O29. The SMILES string of the molecule is C=CCOC(=O)C1CCC(C(=O)OCC=C)CC1.C=CCOC(=O)C1CCCC(C(=O)OCC=C)C1.C=CCOC(=O)CCCC(=O)CCC(=O)OCC=C.C=CCOC(=O)CCCCC(=O)OCC=C.C=CCOC(=O)c1ccc(C(=O)OCC=C)cc1.C=CCOC(=O)c1cccc(C(=O)OCC=C)c1.C=CCOC(=O)c1ccccc1C(=O)OCC=C. The first-order valence-electron chi connectivity index (χ1n) is 39.9. The van der Waals surface area contributed by atoms with Crippen LogP contribution in [0.4, 0.5) is 0 Å². The minimum absolute atomic E-state index is 0.0629. The molecule has 0 saturated heterocycles. The van der Waals surface area contributed by atoms with Gasteiger partial charge in [-0.3, -0.25) is 43.2 Å². The molecule has 2 aliphatic rings. The Morgan fingerprint density at radius 1 is 0.240 bits per heavy atom. The molecule has 0 bridgehead atoms. The van der Waals surface area contributed by atoms with Gasteiger partial charge in [-0.2, -0.15) is 0 Å². The van der Waals surface area contributed by atoms with Crippen LogP contribution in [-0.4, -0.2) is 182 Å². The highest BCUT2D eigenvalue weighted by Gasteiger charge is 2.34. The van der Waals surface area contributed by atoms with E-state index in [4.69, 9.17) is 66.3 Å². The van der Waals surface area contributed by atoms with Gasteiger partial charge in [0, 0.05) is 32.1 Å². The van der Waals surface area contributed by atoms with Crippen molar-refractivity contribution >= 4 is 89.4 Å². The van der Waals surface area contributed by atoms with E-state index in [1.54, 1.807) is 42.5 Å². The van der Waals surface area contributed by atoms with Gasteiger partial charge < -0.3 is 66.3 Å². The van der Waals surface area contributed by atoms with Crippen LogP contribution in [0.2, 0.25) is 0 Å². The molecule has 0 aliphatic heterocycles. The van der Waals surface area contributed by atoms with Gasteiger partial charge >= 0.3 is 83.6 Å². The molecular weight excluding hydrogens is 1620 g/mol. The smallest absolute Gasteiger partial charge is 0.339 e. The van der Waals surface area contributed by atoms with Gasteiger partial charge in [0.2, 0.25) is 0 Å². The number of hydrogen-bond acceptors (Lipinski definition) is 29. The number of hydrogen-bond donors (Lipinski definition) is 0. The van der Waals surface area contributed by atoms with Gasteiger partial charge in [-0.25, -0.2) is 28.8 Å². The second-order valence-electron chi connectivity index (χ2n) is 25.8. The zero-order chi connectivity index (χ0) is 93.6. The third-order valence-corrected chi connectivity index (χ3v) is 16.1. The zero-order valence-corrected chi connectivity index (χ0v) is 71.5. The number of carbonyl (C=O) groups excluding carboxylic acids is 15. The van der Waals surface area contributed by atoms with Crippen molar-refractivity contribution < 1.29 is 138 Å². The van der Waals surface area contributed by atoms with Gasteiger partial charge in [0.1, 0.15) is 98.3 Å². The molecule has 2 aliphatic carbocycles. The summed E-state index contributed by atoms with van der Waals surface area (Å²) in [6.07, 6.45) is 29.6. The highest BCUT2D eigenvalue weighted by molar-refractivity contribution is 6.03. The van der Waals surface area contributed by atoms with Gasteiger partial charge in [-0.1, -0.05) is 202 Å². The van der Waals surface area contributed by atoms with E-state index in [1.165, 1.54) is 115 Å². The molecule has 0 amide bonds. The number of ketones is 1. The quantitative estimate of drug-likeness (QED) is 0.0219. The fourth-order valence-electron chi connectivity index (χ4n) is 10.1. The largest absolute Gasteiger partial charge is 0.461 e. The van der Waals surface area contributed by atoms with E-state index in [0.717, 1.165) is 19.3 Å². The fourth-order valence-corrected chi connectivity index (χ4v) is 10.1. The van der Waals surface area contributed by atoms with Crippen molar-refractivity contribution in [3.8, 4) is 0 Å². The molecule has 5 rings (SSSR count). The number of Topliss-reactive ketones (excluding diaryl/α,β-unsaturated/α-hetero) is 1. The Bertz CT molecular complexity index is 3790. The molecule has 2 fully saturated rings. The van der Waals surface area contributed by atoms with Gasteiger partial charge in [0.05, 0.1) is 63.5 Å². The van der Waals surface area contributed by atoms with Crippen LogP contribution in [0.5, 0.6) is 0 Å². The van der Waals surface area contributed by atoms with Crippen LogP contribution in [0, 0.1) is 23.7 Å². The summed E-state index contributed by atoms with van der Waals surface area (Å²) in [5, 5.41) is 0. The van der Waals surface area contributed by atoms with Crippen molar-refractivity contribution in [1.82, 2.24) is 0 Å². The lowest BCUT2D eigenvalue weighted by Crippen LogP contribution is -2.29. The van der Waals surface area contributed by atoms with E-state index in [-0.39, 0.29) is 201 Å². The summed E-state index contributed by atoms with van der Waals surface area (Å²) in [7, 11) is 0. The topological polar surface area (TPSA) is 385 Å². The molecule has 2 unspecified atom stereocenters. The lowest BCUT2D eigenvalue weighted by Gasteiger charge is -2.26. The second kappa shape index (κ2) is 75.3. The summed E-state index contributed by atoms with van der Waals surface area (Å²) in [6, 6.07) is 18.5. The first kappa shape index (κ1) is 113. The van der Waals surface area contributed by atoms with Crippen molar-refractivity contribution in [2.24, 2.45) is 23.7 Å². The molecule has 0 aromatic heterocycles. The van der Waals surface area contributed by atoms with Crippen LogP contribution in [0.1, 0.15) is 171 Å². The Kier molecular flexibility index (Phi) is 68.2. The normalized spacial score (nSPS) is 13.2. The number of esters is 14. The van der Waals surface area contributed by atoms with Crippen LogP contribution < -0.4 is 0 Å². The molecule has 125 heavy (non-hydrogen) atoms. The van der Waals surface area contributed by atoms with E-state index in [2.05, 4.69) is 92.1 Å². The predicted octanol–water partition coefficient (Wildman–Crippen LogP) is 15.6. The van der Waals surface area contributed by atoms with Gasteiger partial charge in [0.25, 0.3) is 0 Å². The Morgan fingerprint density at radius 2 is 0.488 bits per heavy atom. The van der Waals surface area contributed by atoms with Crippen molar-refractivity contribution in [2.75, 3.05) is 92.5 Å². The maximum atomic E-state index is 11.7. The van der Waals surface area contributed by atoms with Crippen molar-refractivity contribution in [1.29, 1.82) is 0 Å². The summed E-state index contributed by atoms with van der Waals surface area (Å²) in [5.41, 5.74) is 1.69. The summed E-state index contributed by atoms with van der Waals surface area (Å²) in [5.74, 6) is -5.87. The van der Waals surface area contributed by atoms with Crippen LogP contribution in [0.3, 0.4) is 0 Å². The van der Waals surface area contributed by atoms with Crippen LogP contribution >= 0.6 is 0 Å². The lowest BCUT2D eigenvalue weighted by molar-refractivity contribution is -0.154. The van der Waals surface area contributed by atoms with Crippen molar-refractivity contribution in [2.45, 2.75) is 109 Å². The van der Waals surface area contributed by atoms with E-state index < -0.39 is 41.8 Å². The van der Waals surface area contributed by atoms with Crippen LogP contribution in [0.25, 0.3) is 0 Å². The van der Waals surface area contributed by atoms with Crippen LogP contribution in [-0.2, 0) is 109 Å². The zero-order valence-electron chi connectivity index (χ0n) is 71.5. The maximum Gasteiger partial charge on any atom is 0.339 e. The van der Waals surface area contributed by atoms with Gasteiger partial charge in [0.15, 0.2) is 0 Å². The number of rotatable bonds is 50.